The number of nitro groups is 1. The van der Waals surface area contributed by atoms with Crippen LogP contribution in [0.2, 0.25) is 0 Å². The van der Waals surface area contributed by atoms with E-state index in [1.54, 1.807) is 20.8 Å². The number of aryl methyl sites for hydroxylation is 1. The predicted molar refractivity (Wildman–Crippen MR) is 58.4 cm³/mol. The number of hydrogen-bond donors (Lipinski definition) is 0. The number of ether oxygens (including phenoxy) is 1. The maximum Gasteiger partial charge on any atom is 0.338 e. The largest absolute Gasteiger partial charge is 0.459 e. The van der Waals surface area contributed by atoms with Gasteiger partial charge in [0.1, 0.15) is 0 Å². The van der Waals surface area contributed by atoms with Crippen molar-refractivity contribution in [2.24, 2.45) is 0 Å². The van der Waals surface area contributed by atoms with Gasteiger partial charge < -0.3 is 4.74 Å². The molecule has 1 aromatic rings. The summed E-state index contributed by atoms with van der Waals surface area (Å²) in [5.41, 5.74) is 0.792. The van der Waals surface area contributed by atoms with Crippen LogP contribution < -0.4 is 0 Å². The second kappa shape index (κ2) is 4.74. The number of rotatable bonds is 3. The normalized spacial score (nSPS) is 10.2. The number of benzene rings is 1. The number of nitro benzene ring substituents is 1. The molecular formula is C11H13NO4. The van der Waals surface area contributed by atoms with E-state index < -0.39 is 10.9 Å². The van der Waals surface area contributed by atoms with Crippen LogP contribution in [0.5, 0.6) is 0 Å². The molecule has 0 spiro atoms. The van der Waals surface area contributed by atoms with Gasteiger partial charge in [0.05, 0.1) is 16.6 Å². The minimum absolute atomic E-state index is 0.110. The Morgan fingerprint density at radius 1 is 1.44 bits per heavy atom. The average molecular weight is 223 g/mol. The number of nitrogens with zero attached hydrogens (tertiary/aromatic N) is 1. The summed E-state index contributed by atoms with van der Waals surface area (Å²) < 4.78 is 4.99. The zero-order chi connectivity index (χ0) is 12.3. The number of non-ortho nitro benzene ring substituents is 1. The molecule has 0 heterocycles. The highest BCUT2D eigenvalue weighted by Crippen LogP contribution is 2.18. The first-order valence-electron chi connectivity index (χ1n) is 4.88. The first kappa shape index (κ1) is 12.2. The molecule has 0 bridgehead atoms. The van der Waals surface area contributed by atoms with Gasteiger partial charge >= 0.3 is 5.97 Å². The lowest BCUT2D eigenvalue weighted by Gasteiger charge is -2.09. The second-order valence-corrected chi connectivity index (χ2v) is 3.71. The van der Waals surface area contributed by atoms with Gasteiger partial charge in [-0.25, -0.2) is 4.79 Å². The van der Waals surface area contributed by atoms with Crippen molar-refractivity contribution in [1.82, 2.24) is 0 Å². The quantitative estimate of drug-likeness (QED) is 0.448. The summed E-state index contributed by atoms with van der Waals surface area (Å²) in [6, 6.07) is 4.14. The van der Waals surface area contributed by atoms with Crippen molar-refractivity contribution >= 4 is 11.7 Å². The Morgan fingerprint density at radius 2 is 2.06 bits per heavy atom. The number of hydrogen-bond acceptors (Lipinski definition) is 4. The van der Waals surface area contributed by atoms with E-state index in [1.165, 1.54) is 18.2 Å². The molecule has 0 amide bonds. The van der Waals surface area contributed by atoms with Crippen LogP contribution in [0.25, 0.3) is 0 Å². The molecule has 0 aliphatic carbocycles. The van der Waals surface area contributed by atoms with Gasteiger partial charge in [-0.15, -0.1) is 0 Å². The van der Waals surface area contributed by atoms with E-state index in [9.17, 15) is 14.9 Å². The summed E-state index contributed by atoms with van der Waals surface area (Å²) in [5, 5.41) is 10.6. The molecule has 0 unspecified atom stereocenters. The highest BCUT2D eigenvalue weighted by atomic mass is 16.6. The standard InChI is InChI=1S/C11H13NO4/c1-7(2)16-11(13)10-6-9(12(14)15)5-4-8(10)3/h4-7H,1-3H3. The molecule has 0 saturated heterocycles. The van der Waals surface area contributed by atoms with Crippen molar-refractivity contribution in [3.8, 4) is 0 Å². The lowest BCUT2D eigenvalue weighted by molar-refractivity contribution is -0.384. The van der Waals surface area contributed by atoms with Crippen molar-refractivity contribution in [2.45, 2.75) is 26.9 Å². The molecule has 16 heavy (non-hydrogen) atoms. The van der Waals surface area contributed by atoms with Crippen molar-refractivity contribution in [3.63, 3.8) is 0 Å². The summed E-state index contributed by atoms with van der Waals surface area (Å²) in [5.74, 6) is -0.531. The molecule has 0 saturated carbocycles. The van der Waals surface area contributed by atoms with Crippen LogP contribution in [0.3, 0.4) is 0 Å². The maximum absolute atomic E-state index is 11.6. The first-order chi connectivity index (χ1) is 7.41. The SMILES string of the molecule is Cc1ccc([N+](=O)[O-])cc1C(=O)OC(C)C. The van der Waals surface area contributed by atoms with Gasteiger partial charge in [-0.1, -0.05) is 6.07 Å². The fourth-order valence-corrected chi connectivity index (χ4v) is 1.22. The van der Waals surface area contributed by atoms with Gasteiger partial charge in [0.25, 0.3) is 5.69 Å². The van der Waals surface area contributed by atoms with E-state index in [1.807, 2.05) is 0 Å². The third-order valence-corrected chi connectivity index (χ3v) is 1.99. The predicted octanol–water partition coefficient (Wildman–Crippen LogP) is 2.47. The average Bonchev–Trinajstić information content (AvgIpc) is 2.16. The first-order valence-corrected chi connectivity index (χ1v) is 4.88. The Kier molecular flexibility index (Phi) is 3.60. The smallest absolute Gasteiger partial charge is 0.338 e. The van der Waals surface area contributed by atoms with Crippen LogP contribution in [-0.2, 0) is 4.74 Å². The van der Waals surface area contributed by atoms with E-state index in [4.69, 9.17) is 4.74 Å². The van der Waals surface area contributed by atoms with E-state index in [0.29, 0.717) is 5.56 Å². The molecule has 1 aromatic carbocycles. The second-order valence-electron chi connectivity index (χ2n) is 3.71. The van der Waals surface area contributed by atoms with E-state index in [-0.39, 0.29) is 17.4 Å². The Balaban J connectivity index is 3.07. The van der Waals surface area contributed by atoms with Crippen LogP contribution >= 0.6 is 0 Å². The molecule has 0 aromatic heterocycles. The van der Waals surface area contributed by atoms with Crippen molar-refractivity contribution in [2.75, 3.05) is 0 Å². The number of esters is 1. The number of carbonyl (C=O) groups is 1. The molecule has 1 rings (SSSR count). The van der Waals surface area contributed by atoms with Crippen LogP contribution in [0, 0.1) is 17.0 Å². The van der Waals surface area contributed by atoms with Gasteiger partial charge in [0, 0.05) is 12.1 Å². The molecule has 0 radical (unpaired) electrons. The Hall–Kier alpha value is -1.91. The van der Waals surface area contributed by atoms with Gasteiger partial charge in [0.2, 0.25) is 0 Å². The molecule has 0 atom stereocenters. The summed E-state index contributed by atoms with van der Waals surface area (Å²) in [6.45, 7) is 5.16. The third kappa shape index (κ3) is 2.79. The molecule has 5 heteroatoms. The zero-order valence-electron chi connectivity index (χ0n) is 9.39. The van der Waals surface area contributed by atoms with Crippen LogP contribution in [-0.4, -0.2) is 17.0 Å². The van der Waals surface area contributed by atoms with Crippen molar-refractivity contribution in [1.29, 1.82) is 0 Å². The minimum Gasteiger partial charge on any atom is -0.459 e. The van der Waals surface area contributed by atoms with Crippen molar-refractivity contribution < 1.29 is 14.5 Å². The van der Waals surface area contributed by atoms with Crippen LogP contribution in [0.1, 0.15) is 29.8 Å². The number of carbonyl (C=O) groups excluding carboxylic acids is 1. The van der Waals surface area contributed by atoms with Gasteiger partial charge in [0.15, 0.2) is 0 Å². The molecule has 0 aliphatic rings. The fraction of sp³-hybridized carbons (Fsp3) is 0.364. The van der Waals surface area contributed by atoms with Crippen molar-refractivity contribution in [3.05, 3.63) is 39.4 Å². The minimum atomic E-state index is -0.536. The lowest BCUT2D eigenvalue weighted by Crippen LogP contribution is -2.13. The molecule has 0 fully saturated rings. The van der Waals surface area contributed by atoms with Crippen LogP contribution in [0.4, 0.5) is 5.69 Å². The molecule has 0 aliphatic heterocycles. The van der Waals surface area contributed by atoms with E-state index in [2.05, 4.69) is 0 Å². The summed E-state index contributed by atoms with van der Waals surface area (Å²) in [4.78, 5) is 21.6. The monoisotopic (exact) mass is 223 g/mol. The lowest BCUT2D eigenvalue weighted by atomic mass is 10.1. The van der Waals surface area contributed by atoms with Gasteiger partial charge in [-0.3, -0.25) is 10.1 Å². The summed E-state index contributed by atoms with van der Waals surface area (Å²) in [6.07, 6.45) is -0.244. The van der Waals surface area contributed by atoms with E-state index in [0.717, 1.165) is 0 Å². The zero-order valence-corrected chi connectivity index (χ0v) is 9.39. The van der Waals surface area contributed by atoms with Gasteiger partial charge in [-0.2, -0.15) is 0 Å². The molecule has 5 nitrogen and oxygen atoms in total. The molecular weight excluding hydrogens is 210 g/mol. The Morgan fingerprint density at radius 3 is 2.56 bits per heavy atom. The summed E-state index contributed by atoms with van der Waals surface area (Å²) in [7, 11) is 0. The fourth-order valence-electron chi connectivity index (χ4n) is 1.22. The molecule has 86 valence electrons. The Labute approximate surface area is 93.2 Å². The highest BCUT2D eigenvalue weighted by molar-refractivity contribution is 5.91. The summed E-state index contributed by atoms with van der Waals surface area (Å²) >= 11 is 0. The van der Waals surface area contributed by atoms with Crippen LogP contribution in [0.15, 0.2) is 18.2 Å². The van der Waals surface area contributed by atoms with Gasteiger partial charge in [-0.05, 0) is 26.3 Å². The third-order valence-electron chi connectivity index (χ3n) is 1.99. The Bertz CT molecular complexity index is 426. The maximum atomic E-state index is 11.6. The molecule has 0 N–H and O–H groups in total. The highest BCUT2D eigenvalue weighted by Gasteiger charge is 2.16. The van der Waals surface area contributed by atoms with E-state index >= 15 is 0 Å². The topological polar surface area (TPSA) is 69.4 Å².